The van der Waals surface area contributed by atoms with E-state index in [1.54, 1.807) is 0 Å². The monoisotopic (exact) mass is 269 g/mol. The van der Waals surface area contributed by atoms with Gasteiger partial charge in [0.2, 0.25) is 0 Å². The molecule has 1 aliphatic heterocycles. The minimum atomic E-state index is 0.264. The van der Waals surface area contributed by atoms with Gasteiger partial charge in [0.1, 0.15) is 0 Å². The molecule has 1 heterocycles. The lowest BCUT2D eigenvalue weighted by Gasteiger charge is -2.24. The van der Waals surface area contributed by atoms with Crippen LogP contribution in [0.5, 0.6) is 0 Å². The van der Waals surface area contributed by atoms with Crippen molar-refractivity contribution in [2.45, 2.75) is 76.4 Å². The standard InChI is InChI=1S/C16H31NO2/c1-2-5-14(7-11-18)12-17-13-15-6-10-16(19-15)8-3-4-9-16/h14-15,17-18H,2-13H2,1H3. The highest BCUT2D eigenvalue weighted by Crippen LogP contribution is 2.43. The van der Waals surface area contributed by atoms with Gasteiger partial charge < -0.3 is 15.2 Å². The minimum Gasteiger partial charge on any atom is -0.396 e. The Morgan fingerprint density at radius 3 is 2.74 bits per heavy atom. The molecule has 0 aromatic carbocycles. The number of ether oxygens (including phenoxy) is 1. The topological polar surface area (TPSA) is 41.5 Å². The number of nitrogens with one attached hydrogen (secondary N) is 1. The fourth-order valence-corrected chi connectivity index (χ4v) is 3.81. The van der Waals surface area contributed by atoms with E-state index in [1.165, 1.54) is 51.4 Å². The van der Waals surface area contributed by atoms with Crippen molar-refractivity contribution in [3.8, 4) is 0 Å². The summed E-state index contributed by atoms with van der Waals surface area (Å²) < 4.78 is 6.30. The van der Waals surface area contributed by atoms with E-state index in [-0.39, 0.29) is 5.60 Å². The first-order valence-electron chi connectivity index (χ1n) is 8.27. The van der Waals surface area contributed by atoms with E-state index in [1.807, 2.05) is 0 Å². The third-order valence-electron chi connectivity index (χ3n) is 4.89. The van der Waals surface area contributed by atoms with Crippen molar-refractivity contribution in [1.82, 2.24) is 5.32 Å². The molecule has 2 aliphatic rings. The van der Waals surface area contributed by atoms with Crippen molar-refractivity contribution in [2.24, 2.45) is 5.92 Å². The van der Waals surface area contributed by atoms with E-state index < -0.39 is 0 Å². The van der Waals surface area contributed by atoms with Crippen molar-refractivity contribution in [3.63, 3.8) is 0 Å². The molecule has 2 fully saturated rings. The molecule has 0 aromatic rings. The molecule has 1 aliphatic carbocycles. The van der Waals surface area contributed by atoms with E-state index in [2.05, 4.69) is 12.2 Å². The number of hydrogen-bond acceptors (Lipinski definition) is 3. The predicted molar refractivity (Wildman–Crippen MR) is 78.3 cm³/mol. The summed E-state index contributed by atoms with van der Waals surface area (Å²) in [6, 6.07) is 0. The minimum absolute atomic E-state index is 0.264. The molecule has 2 N–H and O–H groups in total. The highest BCUT2D eigenvalue weighted by Gasteiger charge is 2.41. The van der Waals surface area contributed by atoms with Crippen molar-refractivity contribution in [1.29, 1.82) is 0 Å². The van der Waals surface area contributed by atoms with Crippen LogP contribution in [-0.4, -0.2) is 36.5 Å². The van der Waals surface area contributed by atoms with E-state index in [0.29, 0.717) is 18.6 Å². The predicted octanol–water partition coefficient (Wildman–Crippen LogP) is 2.87. The Kier molecular flexibility index (Phi) is 6.11. The number of hydrogen-bond donors (Lipinski definition) is 2. The molecule has 0 amide bonds. The van der Waals surface area contributed by atoms with Crippen molar-refractivity contribution >= 4 is 0 Å². The van der Waals surface area contributed by atoms with Crippen LogP contribution in [0.4, 0.5) is 0 Å². The maximum absolute atomic E-state index is 9.06. The van der Waals surface area contributed by atoms with Gasteiger partial charge in [0, 0.05) is 13.2 Å². The Morgan fingerprint density at radius 2 is 2.05 bits per heavy atom. The zero-order valence-electron chi connectivity index (χ0n) is 12.5. The lowest BCUT2D eigenvalue weighted by atomic mass is 9.98. The first-order valence-corrected chi connectivity index (χ1v) is 8.27. The third-order valence-corrected chi connectivity index (χ3v) is 4.89. The largest absolute Gasteiger partial charge is 0.396 e. The van der Waals surface area contributed by atoms with Gasteiger partial charge >= 0.3 is 0 Å². The van der Waals surface area contributed by atoms with Gasteiger partial charge in [-0.25, -0.2) is 0 Å². The van der Waals surface area contributed by atoms with Crippen molar-refractivity contribution < 1.29 is 9.84 Å². The van der Waals surface area contributed by atoms with Crippen molar-refractivity contribution in [3.05, 3.63) is 0 Å². The quantitative estimate of drug-likeness (QED) is 0.712. The Bertz CT molecular complexity index is 245. The normalized spacial score (nSPS) is 27.2. The second-order valence-corrected chi connectivity index (χ2v) is 6.49. The average molecular weight is 269 g/mol. The molecule has 112 valence electrons. The first-order chi connectivity index (χ1) is 9.28. The Balaban J connectivity index is 1.63. The number of aliphatic hydroxyl groups is 1. The summed E-state index contributed by atoms with van der Waals surface area (Å²) in [6.07, 6.45) is 11.5. The van der Waals surface area contributed by atoms with Gasteiger partial charge in [0.25, 0.3) is 0 Å². The Morgan fingerprint density at radius 1 is 1.26 bits per heavy atom. The van der Waals surface area contributed by atoms with Crippen LogP contribution < -0.4 is 5.32 Å². The molecule has 1 saturated heterocycles. The maximum Gasteiger partial charge on any atom is 0.0708 e. The molecular weight excluding hydrogens is 238 g/mol. The number of rotatable bonds is 8. The van der Waals surface area contributed by atoms with Crippen LogP contribution >= 0.6 is 0 Å². The summed E-state index contributed by atoms with van der Waals surface area (Å²) in [7, 11) is 0. The molecule has 2 atom stereocenters. The summed E-state index contributed by atoms with van der Waals surface area (Å²) in [5.41, 5.74) is 0.264. The maximum atomic E-state index is 9.06. The molecule has 1 saturated carbocycles. The van der Waals surface area contributed by atoms with Gasteiger partial charge in [0.05, 0.1) is 11.7 Å². The first kappa shape index (κ1) is 15.3. The molecule has 0 bridgehead atoms. The molecule has 2 unspecified atom stereocenters. The van der Waals surface area contributed by atoms with Crippen LogP contribution in [0.2, 0.25) is 0 Å². The van der Waals surface area contributed by atoms with E-state index in [9.17, 15) is 0 Å². The molecule has 19 heavy (non-hydrogen) atoms. The SMILES string of the molecule is CCCC(CCO)CNCC1CCC2(CCCC2)O1. The van der Waals surface area contributed by atoms with Gasteiger partial charge in [-0.05, 0) is 51.0 Å². The molecule has 3 nitrogen and oxygen atoms in total. The van der Waals surface area contributed by atoms with Crippen molar-refractivity contribution in [2.75, 3.05) is 19.7 Å². The summed E-state index contributed by atoms with van der Waals surface area (Å²) in [4.78, 5) is 0. The van der Waals surface area contributed by atoms with Crippen LogP contribution in [0, 0.1) is 5.92 Å². The van der Waals surface area contributed by atoms with Gasteiger partial charge in [0.15, 0.2) is 0 Å². The Hall–Kier alpha value is -0.120. The zero-order chi connectivity index (χ0) is 13.6. The molecule has 1 spiro atoms. The summed E-state index contributed by atoms with van der Waals surface area (Å²) in [6.45, 7) is 4.55. The zero-order valence-corrected chi connectivity index (χ0v) is 12.5. The van der Waals surface area contributed by atoms with Gasteiger partial charge in [-0.3, -0.25) is 0 Å². The average Bonchev–Trinajstić information content (AvgIpc) is 3.01. The van der Waals surface area contributed by atoms with Crippen LogP contribution in [-0.2, 0) is 4.74 Å². The van der Waals surface area contributed by atoms with Gasteiger partial charge in [-0.15, -0.1) is 0 Å². The highest BCUT2D eigenvalue weighted by atomic mass is 16.5. The third kappa shape index (κ3) is 4.44. The van der Waals surface area contributed by atoms with Crippen LogP contribution in [0.15, 0.2) is 0 Å². The smallest absolute Gasteiger partial charge is 0.0708 e. The lowest BCUT2D eigenvalue weighted by Crippen LogP contribution is -2.33. The van der Waals surface area contributed by atoms with E-state index >= 15 is 0 Å². The molecular formula is C16H31NO2. The molecule has 0 radical (unpaired) electrons. The fraction of sp³-hybridized carbons (Fsp3) is 1.00. The molecule has 0 aromatic heterocycles. The summed E-state index contributed by atoms with van der Waals surface area (Å²) >= 11 is 0. The van der Waals surface area contributed by atoms with Crippen LogP contribution in [0.3, 0.4) is 0 Å². The molecule has 2 rings (SSSR count). The second kappa shape index (κ2) is 7.61. The fourth-order valence-electron chi connectivity index (χ4n) is 3.81. The van der Waals surface area contributed by atoms with Gasteiger partial charge in [-0.2, -0.15) is 0 Å². The molecule has 3 heteroatoms. The Labute approximate surface area is 118 Å². The van der Waals surface area contributed by atoms with E-state index in [0.717, 1.165) is 19.5 Å². The lowest BCUT2D eigenvalue weighted by molar-refractivity contribution is -0.0353. The van der Waals surface area contributed by atoms with Gasteiger partial charge in [-0.1, -0.05) is 26.2 Å². The summed E-state index contributed by atoms with van der Waals surface area (Å²) in [5.74, 6) is 0.622. The van der Waals surface area contributed by atoms with Crippen LogP contribution in [0.25, 0.3) is 0 Å². The van der Waals surface area contributed by atoms with E-state index in [4.69, 9.17) is 9.84 Å². The van der Waals surface area contributed by atoms with Crippen LogP contribution in [0.1, 0.15) is 64.7 Å². The number of aliphatic hydroxyl groups excluding tert-OH is 1. The second-order valence-electron chi connectivity index (χ2n) is 6.49. The highest BCUT2D eigenvalue weighted by molar-refractivity contribution is 4.93. The summed E-state index contributed by atoms with van der Waals surface area (Å²) in [5, 5.41) is 12.6.